The second kappa shape index (κ2) is 10.3. The molecular weight excluding hydrogens is 336 g/mol. The number of guanidine groups is 1. The number of hydrogen-bond donors (Lipinski definition) is 2. The van der Waals surface area contributed by atoms with Crippen LogP contribution >= 0.6 is 0 Å². The van der Waals surface area contributed by atoms with Gasteiger partial charge in [0.15, 0.2) is 5.96 Å². The first-order valence-electron chi connectivity index (χ1n) is 10.1. The summed E-state index contributed by atoms with van der Waals surface area (Å²) in [6.07, 6.45) is 6.12. The summed E-state index contributed by atoms with van der Waals surface area (Å²) in [4.78, 5) is 11.6. The summed E-state index contributed by atoms with van der Waals surface area (Å²) in [5, 5.41) is 6.80. The van der Waals surface area contributed by atoms with Crippen molar-refractivity contribution >= 4 is 11.6 Å². The Labute approximate surface area is 164 Å². The van der Waals surface area contributed by atoms with E-state index in [0.29, 0.717) is 12.1 Å². The zero-order chi connectivity index (χ0) is 19.8. The van der Waals surface area contributed by atoms with Crippen molar-refractivity contribution in [1.82, 2.24) is 24.9 Å². The van der Waals surface area contributed by atoms with Gasteiger partial charge in [-0.2, -0.15) is 0 Å². The van der Waals surface area contributed by atoms with E-state index in [9.17, 15) is 0 Å². The van der Waals surface area contributed by atoms with Crippen LogP contribution < -0.4 is 10.6 Å². The number of nitrogens with one attached hydrogen (secondary N) is 2. The Morgan fingerprint density at radius 1 is 1.19 bits per heavy atom. The molecule has 0 atom stereocenters. The minimum Gasteiger partial charge on any atom is -0.356 e. The summed E-state index contributed by atoms with van der Waals surface area (Å²) >= 11 is 0. The number of aliphatic imine (C=N–C) groups is 1. The van der Waals surface area contributed by atoms with Gasteiger partial charge in [-0.1, -0.05) is 6.07 Å². The molecule has 6 nitrogen and oxygen atoms in total. The molecule has 0 aliphatic carbocycles. The van der Waals surface area contributed by atoms with Gasteiger partial charge in [0.25, 0.3) is 0 Å². The van der Waals surface area contributed by atoms with E-state index in [1.807, 2.05) is 13.2 Å². The van der Waals surface area contributed by atoms with Crippen LogP contribution in [-0.4, -0.2) is 59.0 Å². The molecule has 0 bridgehead atoms. The van der Waals surface area contributed by atoms with E-state index >= 15 is 0 Å². The van der Waals surface area contributed by atoms with Gasteiger partial charge in [-0.3, -0.25) is 9.89 Å². The van der Waals surface area contributed by atoms with Crippen molar-refractivity contribution in [1.29, 1.82) is 0 Å². The predicted octanol–water partition coefficient (Wildman–Crippen LogP) is 2.86. The first kappa shape index (κ1) is 21.2. The Kier molecular flexibility index (Phi) is 8.10. The van der Waals surface area contributed by atoms with Gasteiger partial charge in [0.1, 0.15) is 5.65 Å². The number of imidazole rings is 1. The maximum atomic E-state index is 4.72. The van der Waals surface area contributed by atoms with Gasteiger partial charge in [0, 0.05) is 57.6 Å². The maximum absolute atomic E-state index is 4.72. The Balaban J connectivity index is 1.73. The van der Waals surface area contributed by atoms with Gasteiger partial charge >= 0.3 is 0 Å². The normalized spacial score (nSPS) is 12.6. The molecule has 0 saturated heterocycles. The van der Waals surface area contributed by atoms with Crippen LogP contribution in [0.15, 0.2) is 29.5 Å². The lowest BCUT2D eigenvalue weighted by molar-refractivity contribution is 0.173. The lowest BCUT2D eigenvalue weighted by Crippen LogP contribution is -2.41. The molecule has 2 N–H and O–H groups in total. The number of aromatic nitrogens is 2. The van der Waals surface area contributed by atoms with Crippen molar-refractivity contribution in [2.75, 3.05) is 26.7 Å². The molecule has 150 valence electrons. The molecule has 2 aromatic rings. The quantitative estimate of drug-likeness (QED) is 0.404. The monoisotopic (exact) mass is 372 g/mol. The molecule has 0 unspecified atom stereocenters. The van der Waals surface area contributed by atoms with Crippen molar-refractivity contribution in [3.05, 3.63) is 35.8 Å². The van der Waals surface area contributed by atoms with Gasteiger partial charge in [-0.15, -0.1) is 0 Å². The van der Waals surface area contributed by atoms with E-state index in [0.717, 1.165) is 49.8 Å². The van der Waals surface area contributed by atoms with E-state index in [4.69, 9.17) is 4.98 Å². The summed E-state index contributed by atoms with van der Waals surface area (Å²) in [6.45, 7) is 14.0. The SMILES string of the molecule is CN=C(NCCCN(C(C)C)C(C)C)NCCc1cn2cccc(C)c2n1. The maximum Gasteiger partial charge on any atom is 0.190 e. The molecular formula is C21H36N6. The summed E-state index contributed by atoms with van der Waals surface area (Å²) in [5.41, 5.74) is 3.33. The summed E-state index contributed by atoms with van der Waals surface area (Å²) in [6, 6.07) is 5.31. The van der Waals surface area contributed by atoms with Crippen LogP contribution in [0, 0.1) is 6.92 Å². The molecule has 2 rings (SSSR count). The van der Waals surface area contributed by atoms with Crippen molar-refractivity contribution < 1.29 is 0 Å². The molecule has 2 heterocycles. The smallest absolute Gasteiger partial charge is 0.190 e. The van der Waals surface area contributed by atoms with Crippen molar-refractivity contribution in [3.63, 3.8) is 0 Å². The molecule has 0 amide bonds. The average Bonchev–Trinajstić information content (AvgIpc) is 3.03. The lowest BCUT2D eigenvalue weighted by Gasteiger charge is -2.30. The van der Waals surface area contributed by atoms with Crippen molar-refractivity contribution in [2.45, 2.75) is 59.5 Å². The fourth-order valence-corrected chi connectivity index (χ4v) is 3.44. The molecule has 0 aliphatic rings. The highest BCUT2D eigenvalue weighted by Gasteiger charge is 2.12. The van der Waals surface area contributed by atoms with Gasteiger partial charge in [0.2, 0.25) is 0 Å². The highest BCUT2D eigenvalue weighted by atomic mass is 15.2. The Bertz CT molecular complexity index is 723. The van der Waals surface area contributed by atoms with E-state index in [1.165, 1.54) is 5.56 Å². The van der Waals surface area contributed by atoms with Crippen LogP contribution in [0.3, 0.4) is 0 Å². The van der Waals surface area contributed by atoms with Crippen LogP contribution in [0.2, 0.25) is 0 Å². The van der Waals surface area contributed by atoms with Gasteiger partial charge in [0.05, 0.1) is 5.69 Å². The molecule has 0 aromatic carbocycles. The fourth-order valence-electron chi connectivity index (χ4n) is 3.44. The second-order valence-electron chi connectivity index (χ2n) is 7.61. The van der Waals surface area contributed by atoms with Gasteiger partial charge in [-0.05, 0) is 52.7 Å². The minimum atomic E-state index is 0.580. The van der Waals surface area contributed by atoms with Crippen molar-refractivity contribution in [3.8, 4) is 0 Å². The molecule has 0 saturated carbocycles. The minimum absolute atomic E-state index is 0.580. The summed E-state index contributed by atoms with van der Waals surface area (Å²) < 4.78 is 2.09. The predicted molar refractivity (Wildman–Crippen MR) is 115 cm³/mol. The number of rotatable bonds is 9. The molecule has 0 radical (unpaired) electrons. The number of nitrogens with zero attached hydrogens (tertiary/aromatic N) is 4. The number of aryl methyl sites for hydroxylation is 1. The first-order valence-corrected chi connectivity index (χ1v) is 10.1. The van der Waals surface area contributed by atoms with Crippen LogP contribution in [-0.2, 0) is 6.42 Å². The summed E-state index contributed by atoms with van der Waals surface area (Å²) in [5.74, 6) is 0.857. The zero-order valence-electron chi connectivity index (χ0n) is 17.8. The number of hydrogen-bond acceptors (Lipinski definition) is 3. The van der Waals surface area contributed by atoms with Gasteiger partial charge < -0.3 is 15.0 Å². The van der Waals surface area contributed by atoms with E-state index in [1.54, 1.807) is 0 Å². The largest absolute Gasteiger partial charge is 0.356 e. The summed E-state index contributed by atoms with van der Waals surface area (Å²) in [7, 11) is 1.82. The zero-order valence-corrected chi connectivity index (χ0v) is 17.8. The first-order chi connectivity index (χ1) is 12.9. The van der Waals surface area contributed by atoms with E-state index in [-0.39, 0.29) is 0 Å². The molecule has 6 heteroatoms. The molecule has 27 heavy (non-hydrogen) atoms. The van der Waals surface area contributed by atoms with Crippen LogP contribution in [0.5, 0.6) is 0 Å². The highest BCUT2D eigenvalue weighted by Crippen LogP contribution is 2.10. The van der Waals surface area contributed by atoms with Crippen molar-refractivity contribution in [2.24, 2.45) is 4.99 Å². The Morgan fingerprint density at radius 2 is 1.89 bits per heavy atom. The third-order valence-electron chi connectivity index (χ3n) is 4.84. The average molecular weight is 373 g/mol. The third kappa shape index (κ3) is 6.24. The van der Waals surface area contributed by atoms with E-state index < -0.39 is 0 Å². The second-order valence-corrected chi connectivity index (χ2v) is 7.61. The van der Waals surface area contributed by atoms with Crippen LogP contribution in [0.1, 0.15) is 45.4 Å². The van der Waals surface area contributed by atoms with E-state index in [2.05, 4.69) is 77.9 Å². The standard InChI is InChI=1S/C21H36N6/c1-16(2)27(17(3)4)14-8-11-23-21(22-6)24-12-10-19-15-26-13-7-9-18(5)20(26)25-19/h7,9,13,15-17H,8,10-12,14H2,1-6H3,(H2,22,23,24). The highest BCUT2D eigenvalue weighted by molar-refractivity contribution is 5.79. The Morgan fingerprint density at radius 3 is 2.52 bits per heavy atom. The fraction of sp³-hybridized carbons (Fsp3) is 0.619. The molecule has 2 aromatic heterocycles. The topological polar surface area (TPSA) is 57.0 Å². The number of pyridine rings is 1. The lowest BCUT2D eigenvalue weighted by atomic mass is 10.2. The molecule has 0 spiro atoms. The molecule has 0 fully saturated rings. The third-order valence-corrected chi connectivity index (χ3v) is 4.84. The number of fused-ring (bicyclic) bond motifs is 1. The van der Waals surface area contributed by atoms with Crippen LogP contribution in [0.4, 0.5) is 0 Å². The Hall–Kier alpha value is -2.08. The molecule has 0 aliphatic heterocycles. The van der Waals surface area contributed by atoms with Gasteiger partial charge in [-0.25, -0.2) is 4.98 Å². The van der Waals surface area contributed by atoms with Crippen LogP contribution in [0.25, 0.3) is 5.65 Å².